The molecular weight excluding hydrogens is 380 g/mol. The summed E-state index contributed by atoms with van der Waals surface area (Å²) in [7, 11) is 2.14. The van der Waals surface area contributed by atoms with Crippen LogP contribution in [0.5, 0.6) is 0 Å². The highest BCUT2D eigenvalue weighted by Gasteiger charge is 2.24. The zero-order chi connectivity index (χ0) is 21.6. The average molecular weight is 417 g/mol. The van der Waals surface area contributed by atoms with Gasteiger partial charge >= 0.3 is 0 Å². The predicted molar refractivity (Wildman–Crippen MR) is 130 cm³/mol. The van der Waals surface area contributed by atoms with Gasteiger partial charge in [-0.1, -0.05) is 49.7 Å². The van der Waals surface area contributed by atoms with Crippen molar-refractivity contribution in [3.63, 3.8) is 0 Å². The number of aryl methyl sites for hydroxylation is 2. The van der Waals surface area contributed by atoms with Crippen LogP contribution < -0.4 is 0 Å². The molecular formula is C28H36N2O. The Bertz CT molecular complexity index is 1010. The molecule has 0 aliphatic carbocycles. The maximum Gasteiger partial charge on any atom is 0.225 e. The van der Waals surface area contributed by atoms with Crippen molar-refractivity contribution < 1.29 is 4.79 Å². The molecule has 3 heteroatoms. The average Bonchev–Trinajstić information content (AvgIpc) is 3.15. The van der Waals surface area contributed by atoms with Crippen LogP contribution in [0.3, 0.4) is 0 Å². The first-order valence-electron chi connectivity index (χ1n) is 12.1. The number of fused-ring (bicyclic) bond motifs is 1. The van der Waals surface area contributed by atoms with Gasteiger partial charge in [-0.3, -0.25) is 4.79 Å². The molecule has 1 unspecified atom stereocenters. The fraction of sp³-hybridized carbons (Fsp3) is 0.464. The Hall–Kier alpha value is -2.55. The molecule has 1 aromatic heterocycles. The highest BCUT2D eigenvalue weighted by molar-refractivity contribution is 5.87. The SMILES string of the molecule is CCCC(CCCc1cccc(-c2cc3ccccc3n2C)c1)C(=O)N1CCCCC1. The second-order valence-electron chi connectivity index (χ2n) is 9.11. The summed E-state index contributed by atoms with van der Waals surface area (Å²) in [6, 6.07) is 19.8. The Balaban J connectivity index is 1.41. The lowest BCUT2D eigenvalue weighted by Crippen LogP contribution is -2.39. The second-order valence-corrected chi connectivity index (χ2v) is 9.11. The number of amides is 1. The third-order valence-corrected chi connectivity index (χ3v) is 6.85. The van der Waals surface area contributed by atoms with Crippen LogP contribution in [0.4, 0.5) is 0 Å². The smallest absolute Gasteiger partial charge is 0.225 e. The van der Waals surface area contributed by atoms with Gasteiger partial charge in [0.25, 0.3) is 0 Å². The Morgan fingerprint density at radius 2 is 1.77 bits per heavy atom. The van der Waals surface area contributed by atoms with E-state index in [9.17, 15) is 4.79 Å². The summed E-state index contributed by atoms with van der Waals surface area (Å²) in [5.74, 6) is 0.607. The number of likely N-dealkylation sites (tertiary alicyclic amines) is 1. The van der Waals surface area contributed by atoms with Crippen LogP contribution in [0.25, 0.3) is 22.2 Å². The number of aromatic nitrogens is 1. The lowest BCUT2D eigenvalue weighted by molar-refractivity contribution is -0.137. The highest BCUT2D eigenvalue weighted by Crippen LogP contribution is 2.28. The molecule has 0 saturated carbocycles. The molecule has 0 bridgehead atoms. The molecule has 1 aliphatic heterocycles. The lowest BCUT2D eigenvalue weighted by atomic mass is 9.93. The summed E-state index contributed by atoms with van der Waals surface area (Å²) < 4.78 is 2.28. The van der Waals surface area contributed by atoms with E-state index in [0.29, 0.717) is 5.91 Å². The number of benzene rings is 2. The number of hydrogen-bond donors (Lipinski definition) is 0. The summed E-state index contributed by atoms with van der Waals surface area (Å²) in [6.45, 7) is 4.13. The van der Waals surface area contributed by atoms with Crippen molar-refractivity contribution in [2.24, 2.45) is 13.0 Å². The third-order valence-electron chi connectivity index (χ3n) is 6.85. The molecule has 164 valence electrons. The molecule has 1 aliphatic rings. The number of para-hydroxylation sites is 1. The van der Waals surface area contributed by atoms with Gasteiger partial charge in [0, 0.05) is 42.7 Å². The topological polar surface area (TPSA) is 25.2 Å². The van der Waals surface area contributed by atoms with Crippen molar-refractivity contribution in [2.75, 3.05) is 13.1 Å². The first kappa shape index (κ1) is 21.7. The predicted octanol–water partition coefficient (Wildman–Crippen LogP) is 6.60. The zero-order valence-electron chi connectivity index (χ0n) is 19.1. The van der Waals surface area contributed by atoms with Gasteiger partial charge in [0.1, 0.15) is 0 Å². The maximum absolute atomic E-state index is 13.0. The minimum absolute atomic E-state index is 0.199. The molecule has 31 heavy (non-hydrogen) atoms. The van der Waals surface area contributed by atoms with E-state index in [4.69, 9.17) is 0 Å². The Morgan fingerprint density at radius 3 is 2.55 bits per heavy atom. The van der Waals surface area contributed by atoms with Crippen LogP contribution in [-0.4, -0.2) is 28.5 Å². The van der Waals surface area contributed by atoms with E-state index < -0.39 is 0 Å². The fourth-order valence-corrected chi connectivity index (χ4v) is 5.12. The summed E-state index contributed by atoms with van der Waals surface area (Å²) in [6.07, 6.45) is 8.83. The van der Waals surface area contributed by atoms with Crippen molar-refractivity contribution in [1.29, 1.82) is 0 Å². The summed E-state index contributed by atoms with van der Waals surface area (Å²) in [4.78, 5) is 15.1. The lowest BCUT2D eigenvalue weighted by Gasteiger charge is -2.30. The van der Waals surface area contributed by atoms with E-state index in [2.05, 4.69) is 78.0 Å². The maximum atomic E-state index is 13.0. The van der Waals surface area contributed by atoms with E-state index in [1.165, 1.54) is 47.0 Å². The molecule has 1 fully saturated rings. The number of carbonyl (C=O) groups excluding carboxylic acids is 1. The number of carbonyl (C=O) groups is 1. The van der Waals surface area contributed by atoms with Crippen molar-refractivity contribution >= 4 is 16.8 Å². The van der Waals surface area contributed by atoms with E-state index in [-0.39, 0.29) is 5.92 Å². The third kappa shape index (κ3) is 5.03. The number of hydrogen-bond acceptors (Lipinski definition) is 1. The van der Waals surface area contributed by atoms with Crippen LogP contribution in [0.2, 0.25) is 0 Å². The molecule has 1 atom stereocenters. The summed E-state index contributed by atoms with van der Waals surface area (Å²) >= 11 is 0. The molecule has 1 saturated heterocycles. The van der Waals surface area contributed by atoms with Gasteiger partial charge in [0.2, 0.25) is 5.91 Å². The monoisotopic (exact) mass is 416 g/mol. The second kappa shape index (κ2) is 10.2. The minimum Gasteiger partial charge on any atom is -0.344 e. The molecule has 0 radical (unpaired) electrons. The Kier molecular flexibility index (Phi) is 7.11. The quantitative estimate of drug-likeness (QED) is 0.406. The van der Waals surface area contributed by atoms with Crippen LogP contribution in [0.15, 0.2) is 54.6 Å². The fourth-order valence-electron chi connectivity index (χ4n) is 5.12. The standard InChI is InChI=1S/C28H36N2O/c1-3-11-23(28(31)30-18-7-4-8-19-30)15-9-12-22-13-10-16-24(20-22)27-21-25-14-5-6-17-26(25)29(27)2/h5-6,10,13-14,16-17,20-21,23H,3-4,7-9,11-12,15,18-19H2,1-2H3. The van der Waals surface area contributed by atoms with Gasteiger partial charge in [-0.25, -0.2) is 0 Å². The van der Waals surface area contributed by atoms with Gasteiger partial charge < -0.3 is 9.47 Å². The molecule has 3 nitrogen and oxygen atoms in total. The Labute approximate surface area is 187 Å². The normalized spacial score (nSPS) is 15.4. The first-order chi connectivity index (χ1) is 15.2. The van der Waals surface area contributed by atoms with Gasteiger partial charge in [-0.05, 0) is 74.3 Å². The van der Waals surface area contributed by atoms with E-state index in [1.807, 2.05) is 0 Å². The van der Waals surface area contributed by atoms with E-state index in [0.717, 1.165) is 45.2 Å². The van der Waals surface area contributed by atoms with Gasteiger partial charge in [-0.15, -0.1) is 0 Å². The number of rotatable bonds is 8. The van der Waals surface area contributed by atoms with Gasteiger partial charge in [-0.2, -0.15) is 0 Å². The Morgan fingerprint density at radius 1 is 0.968 bits per heavy atom. The van der Waals surface area contributed by atoms with Crippen molar-refractivity contribution in [3.05, 3.63) is 60.2 Å². The van der Waals surface area contributed by atoms with E-state index >= 15 is 0 Å². The highest BCUT2D eigenvalue weighted by atomic mass is 16.2. The zero-order valence-corrected chi connectivity index (χ0v) is 19.1. The molecule has 1 amide bonds. The number of piperidine rings is 1. The van der Waals surface area contributed by atoms with Crippen molar-refractivity contribution in [1.82, 2.24) is 9.47 Å². The van der Waals surface area contributed by atoms with Gasteiger partial charge in [0.15, 0.2) is 0 Å². The molecule has 0 N–H and O–H groups in total. The van der Waals surface area contributed by atoms with Crippen LogP contribution in [-0.2, 0) is 18.3 Å². The summed E-state index contributed by atoms with van der Waals surface area (Å²) in [5, 5.41) is 1.28. The van der Waals surface area contributed by atoms with Crippen molar-refractivity contribution in [3.8, 4) is 11.3 Å². The minimum atomic E-state index is 0.199. The van der Waals surface area contributed by atoms with Crippen LogP contribution in [0, 0.1) is 5.92 Å². The molecule has 2 aromatic carbocycles. The molecule has 4 rings (SSSR count). The first-order valence-corrected chi connectivity index (χ1v) is 12.1. The van der Waals surface area contributed by atoms with Gasteiger partial charge in [0.05, 0.1) is 0 Å². The van der Waals surface area contributed by atoms with E-state index in [1.54, 1.807) is 0 Å². The molecule has 2 heterocycles. The van der Waals surface area contributed by atoms with Crippen LogP contribution in [0.1, 0.15) is 57.4 Å². The van der Waals surface area contributed by atoms with Crippen molar-refractivity contribution in [2.45, 2.75) is 58.3 Å². The molecule has 3 aromatic rings. The summed E-state index contributed by atoms with van der Waals surface area (Å²) in [5.41, 5.74) is 5.16. The largest absolute Gasteiger partial charge is 0.344 e. The van der Waals surface area contributed by atoms with Crippen LogP contribution >= 0.6 is 0 Å². The number of nitrogens with zero attached hydrogens (tertiary/aromatic N) is 2. The molecule has 0 spiro atoms.